The topological polar surface area (TPSA) is 88.2 Å². The average Bonchev–Trinajstić information content (AvgIpc) is 2.90. The lowest BCUT2D eigenvalue weighted by molar-refractivity contribution is 0.0637. The number of amides is 2. The zero-order valence-electron chi connectivity index (χ0n) is 17.9. The number of carbonyl (C=O) groups is 2. The van der Waals surface area contributed by atoms with Crippen molar-refractivity contribution in [2.75, 3.05) is 4.90 Å². The van der Waals surface area contributed by atoms with Gasteiger partial charge in [-0.05, 0) is 29.3 Å². The van der Waals surface area contributed by atoms with Crippen molar-refractivity contribution in [3.05, 3.63) is 101 Å². The molecule has 0 aromatic heterocycles. The van der Waals surface area contributed by atoms with Crippen LogP contribution in [0.3, 0.4) is 0 Å². The number of hydrogen-bond donors (Lipinski definition) is 0. The molecule has 0 aliphatic carbocycles. The summed E-state index contributed by atoms with van der Waals surface area (Å²) in [5.74, 6) is -0.879. The van der Waals surface area contributed by atoms with Crippen molar-refractivity contribution in [1.82, 2.24) is 4.90 Å². The zero-order valence-corrected chi connectivity index (χ0v) is 19.4. The summed E-state index contributed by atoms with van der Waals surface area (Å²) < 4.78 is 0. The number of nitrogens with zero attached hydrogens (tertiary/aromatic N) is 4. The number of rotatable bonds is 4. The molecule has 8 heteroatoms. The van der Waals surface area contributed by atoms with E-state index < -0.39 is 24.0 Å². The molecular weight excluding hydrogens is 471 g/mol. The molecule has 6 nitrogen and oxygen atoms in total. The van der Waals surface area contributed by atoms with Gasteiger partial charge in [-0.25, -0.2) is 0 Å². The highest BCUT2D eigenvalue weighted by molar-refractivity contribution is 6.19. The van der Waals surface area contributed by atoms with Crippen LogP contribution in [0.2, 0.25) is 0 Å². The summed E-state index contributed by atoms with van der Waals surface area (Å²) in [7, 11) is 0. The molecule has 0 N–H and O–H groups in total. The predicted molar refractivity (Wildman–Crippen MR) is 129 cm³/mol. The van der Waals surface area contributed by atoms with Crippen LogP contribution in [-0.4, -0.2) is 22.9 Å². The maximum absolute atomic E-state index is 13.8. The fourth-order valence-electron chi connectivity index (χ4n) is 4.15. The fourth-order valence-corrected chi connectivity index (χ4v) is 4.61. The van der Waals surface area contributed by atoms with Crippen LogP contribution in [0.5, 0.6) is 0 Å². The van der Waals surface area contributed by atoms with Crippen molar-refractivity contribution in [1.29, 1.82) is 10.5 Å². The number of fused-ring (bicyclic) bond motifs is 1. The Morgan fingerprint density at radius 3 is 1.85 bits per heavy atom. The molecule has 34 heavy (non-hydrogen) atoms. The Morgan fingerprint density at radius 2 is 1.29 bits per heavy atom. The first-order valence-electron chi connectivity index (χ1n) is 10.4. The molecule has 0 bridgehead atoms. The van der Waals surface area contributed by atoms with E-state index in [0.29, 0.717) is 27.9 Å². The maximum atomic E-state index is 13.8. The Bertz CT molecular complexity index is 1340. The van der Waals surface area contributed by atoms with Crippen LogP contribution in [0.15, 0.2) is 72.8 Å². The van der Waals surface area contributed by atoms with Crippen molar-refractivity contribution in [3.8, 4) is 12.1 Å². The van der Waals surface area contributed by atoms with E-state index in [4.69, 9.17) is 23.2 Å². The van der Waals surface area contributed by atoms with Gasteiger partial charge in [-0.1, -0.05) is 54.6 Å². The molecule has 4 rings (SSSR count). The number of anilines is 1. The largest absolute Gasteiger partial charge is 0.285 e. The van der Waals surface area contributed by atoms with Crippen molar-refractivity contribution >= 4 is 40.7 Å². The number of nitriles is 2. The van der Waals surface area contributed by atoms with Gasteiger partial charge in [0.2, 0.25) is 6.17 Å². The summed E-state index contributed by atoms with van der Waals surface area (Å²) in [5, 5.41) is 20.3. The molecule has 1 heterocycles. The Balaban J connectivity index is 1.92. The maximum Gasteiger partial charge on any atom is 0.261 e. The van der Waals surface area contributed by atoms with Gasteiger partial charge < -0.3 is 0 Å². The third kappa shape index (κ3) is 3.88. The van der Waals surface area contributed by atoms with Gasteiger partial charge >= 0.3 is 0 Å². The van der Waals surface area contributed by atoms with Gasteiger partial charge in [0.1, 0.15) is 12.1 Å². The molecule has 3 aromatic rings. The molecule has 0 saturated carbocycles. The summed E-state index contributed by atoms with van der Waals surface area (Å²) in [6.07, 6.45) is -1.37. The number of halogens is 2. The molecule has 1 aliphatic rings. The zero-order chi connectivity index (χ0) is 24.2. The number of benzene rings is 3. The van der Waals surface area contributed by atoms with Crippen molar-refractivity contribution in [2.45, 2.75) is 24.0 Å². The second-order valence-electron chi connectivity index (χ2n) is 7.56. The van der Waals surface area contributed by atoms with Gasteiger partial charge in [-0.3, -0.25) is 19.4 Å². The van der Waals surface area contributed by atoms with Gasteiger partial charge in [0, 0.05) is 28.5 Å². The second kappa shape index (κ2) is 9.97. The Labute approximate surface area is 207 Å². The summed E-state index contributed by atoms with van der Waals surface area (Å²) in [6.45, 7) is 0. The molecule has 0 fully saturated rings. The minimum Gasteiger partial charge on any atom is -0.285 e. The number of hydrogen-bond acceptors (Lipinski definition) is 4. The highest BCUT2D eigenvalue weighted by Gasteiger charge is 2.45. The summed E-state index contributed by atoms with van der Waals surface area (Å²) in [6, 6.07) is 23.5. The van der Waals surface area contributed by atoms with E-state index in [-0.39, 0.29) is 17.3 Å². The first-order valence-corrected chi connectivity index (χ1v) is 11.5. The lowest BCUT2D eigenvalue weighted by Crippen LogP contribution is -2.57. The Hall–Kier alpha value is -3.84. The van der Waals surface area contributed by atoms with Crippen LogP contribution >= 0.6 is 23.2 Å². The minimum atomic E-state index is -1.37. The number of alkyl halides is 2. The van der Waals surface area contributed by atoms with Crippen molar-refractivity contribution in [2.24, 2.45) is 0 Å². The molecule has 168 valence electrons. The van der Waals surface area contributed by atoms with Gasteiger partial charge in [-0.2, -0.15) is 10.5 Å². The summed E-state index contributed by atoms with van der Waals surface area (Å²) in [5.41, 5.74) is 2.58. The average molecular weight is 489 g/mol. The summed E-state index contributed by atoms with van der Waals surface area (Å²) >= 11 is 12.1. The first kappa shape index (κ1) is 23.3. The van der Waals surface area contributed by atoms with Gasteiger partial charge in [0.25, 0.3) is 11.8 Å². The van der Waals surface area contributed by atoms with Crippen molar-refractivity contribution in [3.63, 3.8) is 0 Å². The molecule has 1 aliphatic heterocycles. The smallest absolute Gasteiger partial charge is 0.261 e. The van der Waals surface area contributed by atoms with Crippen LogP contribution in [0, 0.1) is 22.7 Å². The van der Waals surface area contributed by atoms with E-state index in [9.17, 15) is 20.1 Å². The van der Waals surface area contributed by atoms with Crippen LogP contribution in [0.4, 0.5) is 5.69 Å². The number of carbonyl (C=O) groups excluding carboxylic acids is 2. The SMILES string of the molecule is N#CC1c2ccccc2N(C(=O)c2ccccc2CCl)C(C#N)N1C(=O)c1ccccc1CCl. The molecule has 2 atom stereocenters. The van der Waals surface area contributed by atoms with E-state index >= 15 is 0 Å². The second-order valence-corrected chi connectivity index (χ2v) is 8.10. The molecule has 2 amide bonds. The molecule has 0 spiro atoms. The lowest BCUT2D eigenvalue weighted by atomic mass is 9.95. The van der Waals surface area contributed by atoms with Gasteiger partial charge in [-0.15, -0.1) is 23.2 Å². The fraction of sp³-hybridized carbons (Fsp3) is 0.154. The van der Waals surface area contributed by atoms with E-state index in [2.05, 4.69) is 12.1 Å². The minimum absolute atomic E-state index is 0.0759. The Morgan fingerprint density at radius 1 is 0.765 bits per heavy atom. The normalized spacial score (nSPS) is 16.8. The highest BCUT2D eigenvalue weighted by Crippen LogP contribution is 2.40. The van der Waals surface area contributed by atoms with E-state index in [1.807, 2.05) is 0 Å². The lowest BCUT2D eigenvalue weighted by Gasteiger charge is -2.44. The van der Waals surface area contributed by atoms with E-state index in [1.54, 1.807) is 72.8 Å². The molecule has 3 aromatic carbocycles. The van der Waals surface area contributed by atoms with Crippen LogP contribution in [-0.2, 0) is 11.8 Å². The molecule has 2 unspecified atom stereocenters. The summed E-state index contributed by atoms with van der Waals surface area (Å²) in [4.78, 5) is 30.0. The quantitative estimate of drug-likeness (QED) is 0.461. The van der Waals surface area contributed by atoms with Crippen LogP contribution < -0.4 is 4.90 Å². The third-order valence-corrected chi connectivity index (χ3v) is 6.33. The molecule has 0 radical (unpaired) electrons. The number of para-hydroxylation sites is 1. The monoisotopic (exact) mass is 488 g/mol. The standard InChI is InChI=1S/C26H18Cl2N4O2/c27-13-17-7-1-3-9-19(17)25(33)31-22-12-6-5-11-21(22)23(15-29)32(24(31)16-30)26(34)20-10-4-2-8-18(20)14-28/h1-12,23-24H,13-14H2. The van der Waals surface area contributed by atoms with Crippen LogP contribution in [0.1, 0.15) is 43.4 Å². The highest BCUT2D eigenvalue weighted by atomic mass is 35.5. The molecular formula is C26H18Cl2N4O2. The van der Waals surface area contributed by atoms with Crippen molar-refractivity contribution < 1.29 is 9.59 Å². The predicted octanol–water partition coefficient (Wildman–Crippen LogP) is 5.38. The Kier molecular flexibility index (Phi) is 6.84. The first-order chi connectivity index (χ1) is 16.6. The van der Waals surface area contributed by atoms with Gasteiger partial charge in [0.15, 0.2) is 0 Å². The van der Waals surface area contributed by atoms with E-state index in [1.165, 1.54) is 4.90 Å². The van der Waals surface area contributed by atoms with Gasteiger partial charge in [0.05, 0.1) is 11.8 Å². The van der Waals surface area contributed by atoms with E-state index in [0.717, 1.165) is 4.90 Å². The molecule has 0 saturated heterocycles. The van der Waals surface area contributed by atoms with Crippen LogP contribution in [0.25, 0.3) is 0 Å². The third-order valence-electron chi connectivity index (χ3n) is 5.75.